The molecular formula is C14H27IO. The van der Waals surface area contributed by atoms with Crippen molar-refractivity contribution in [2.24, 2.45) is 5.92 Å². The van der Waals surface area contributed by atoms with E-state index in [4.69, 9.17) is 4.74 Å². The first-order valence-corrected chi connectivity index (χ1v) is 8.20. The standard InChI is InChI=1S/C14H27IO/c1-12(2)8-7-11-16-14-10-6-4-3-5-9-13(14)15/h12-14H,3-11H2,1-2H3. The fourth-order valence-corrected chi connectivity index (χ4v) is 3.33. The third kappa shape index (κ3) is 6.43. The van der Waals surface area contributed by atoms with Gasteiger partial charge in [0.15, 0.2) is 0 Å². The summed E-state index contributed by atoms with van der Waals surface area (Å²) < 4.78 is 6.82. The van der Waals surface area contributed by atoms with Crippen LogP contribution < -0.4 is 0 Å². The number of ether oxygens (including phenoxy) is 1. The second kappa shape index (κ2) is 8.73. The zero-order valence-corrected chi connectivity index (χ0v) is 13.0. The van der Waals surface area contributed by atoms with E-state index in [0.29, 0.717) is 6.10 Å². The van der Waals surface area contributed by atoms with Crippen molar-refractivity contribution in [3.63, 3.8) is 0 Å². The molecule has 0 aromatic rings. The zero-order valence-electron chi connectivity index (χ0n) is 10.9. The van der Waals surface area contributed by atoms with Crippen LogP contribution in [0, 0.1) is 5.92 Å². The highest BCUT2D eigenvalue weighted by Crippen LogP contribution is 2.25. The highest BCUT2D eigenvalue weighted by molar-refractivity contribution is 14.1. The topological polar surface area (TPSA) is 9.23 Å². The van der Waals surface area contributed by atoms with Gasteiger partial charge in [-0.25, -0.2) is 0 Å². The second-order valence-corrected chi connectivity index (χ2v) is 7.05. The fraction of sp³-hybridized carbons (Fsp3) is 1.00. The summed E-state index contributed by atoms with van der Waals surface area (Å²) in [6.07, 6.45) is 11.3. The normalized spacial score (nSPS) is 27.8. The zero-order chi connectivity index (χ0) is 11.8. The van der Waals surface area contributed by atoms with E-state index in [0.717, 1.165) is 16.4 Å². The Kier molecular flexibility index (Phi) is 8.05. The Bertz CT molecular complexity index is 170. The molecule has 0 N–H and O–H groups in total. The average molecular weight is 338 g/mol. The van der Waals surface area contributed by atoms with Gasteiger partial charge in [-0.15, -0.1) is 0 Å². The minimum Gasteiger partial charge on any atom is -0.377 e. The predicted molar refractivity (Wildman–Crippen MR) is 79.3 cm³/mol. The molecule has 0 spiro atoms. The Balaban J connectivity index is 2.16. The van der Waals surface area contributed by atoms with Gasteiger partial charge in [0, 0.05) is 10.5 Å². The van der Waals surface area contributed by atoms with Gasteiger partial charge in [-0.1, -0.05) is 62.1 Å². The van der Waals surface area contributed by atoms with Gasteiger partial charge >= 0.3 is 0 Å². The van der Waals surface area contributed by atoms with Gasteiger partial charge in [0.05, 0.1) is 6.10 Å². The molecule has 1 rings (SSSR count). The molecule has 0 radical (unpaired) electrons. The molecule has 1 aliphatic carbocycles. The Hall–Kier alpha value is 0.690. The lowest BCUT2D eigenvalue weighted by Gasteiger charge is -2.25. The third-order valence-corrected chi connectivity index (χ3v) is 4.80. The van der Waals surface area contributed by atoms with E-state index in [1.54, 1.807) is 0 Å². The van der Waals surface area contributed by atoms with Crippen LogP contribution >= 0.6 is 22.6 Å². The average Bonchev–Trinajstić information content (AvgIpc) is 2.21. The first-order chi connectivity index (χ1) is 7.70. The molecule has 16 heavy (non-hydrogen) atoms. The van der Waals surface area contributed by atoms with Gasteiger partial charge in [0.25, 0.3) is 0 Å². The van der Waals surface area contributed by atoms with Crippen molar-refractivity contribution in [3.8, 4) is 0 Å². The van der Waals surface area contributed by atoms with E-state index >= 15 is 0 Å². The van der Waals surface area contributed by atoms with Gasteiger partial charge in [0.2, 0.25) is 0 Å². The monoisotopic (exact) mass is 338 g/mol. The molecule has 0 amide bonds. The van der Waals surface area contributed by atoms with E-state index in [1.807, 2.05) is 0 Å². The molecular weight excluding hydrogens is 311 g/mol. The largest absolute Gasteiger partial charge is 0.377 e. The highest BCUT2D eigenvalue weighted by Gasteiger charge is 2.20. The Morgan fingerprint density at radius 1 is 1.12 bits per heavy atom. The molecule has 0 aromatic carbocycles. The number of hydrogen-bond donors (Lipinski definition) is 0. The van der Waals surface area contributed by atoms with Gasteiger partial charge in [-0.05, 0) is 31.6 Å². The molecule has 0 aromatic heterocycles. The molecule has 1 fully saturated rings. The minimum atomic E-state index is 0.535. The van der Waals surface area contributed by atoms with Crippen LogP contribution in [0.25, 0.3) is 0 Å². The van der Waals surface area contributed by atoms with E-state index in [-0.39, 0.29) is 0 Å². The summed E-state index contributed by atoms with van der Waals surface area (Å²) in [7, 11) is 0. The van der Waals surface area contributed by atoms with Gasteiger partial charge in [0.1, 0.15) is 0 Å². The molecule has 0 aliphatic heterocycles. The van der Waals surface area contributed by atoms with Gasteiger partial charge < -0.3 is 4.74 Å². The van der Waals surface area contributed by atoms with Crippen LogP contribution in [0.3, 0.4) is 0 Å². The van der Waals surface area contributed by atoms with Crippen LogP contribution in [-0.4, -0.2) is 16.6 Å². The Labute approximate surface area is 115 Å². The maximum atomic E-state index is 6.07. The van der Waals surface area contributed by atoms with Crippen molar-refractivity contribution >= 4 is 22.6 Å². The lowest BCUT2D eigenvalue weighted by molar-refractivity contribution is 0.0394. The van der Waals surface area contributed by atoms with E-state index in [2.05, 4.69) is 36.4 Å². The SMILES string of the molecule is CC(C)CCCOC1CCCCCCC1I. The Morgan fingerprint density at radius 3 is 2.50 bits per heavy atom. The summed E-state index contributed by atoms with van der Waals surface area (Å²) in [4.78, 5) is 0. The molecule has 96 valence electrons. The molecule has 1 aliphatic rings. The molecule has 2 atom stereocenters. The molecule has 1 nitrogen and oxygen atoms in total. The second-order valence-electron chi connectivity index (χ2n) is 5.45. The molecule has 1 saturated carbocycles. The Morgan fingerprint density at radius 2 is 1.81 bits per heavy atom. The van der Waals surface area contributed by atoms with Crippen molar-refractivity contribution in [1.82, 2.24) is 0 Å². The summed E-state index contributed by atoms with van der Waals surface area (Å²) in [5, 5.41) is 0. The lowest BCUT2D eigenvalue weighted by atomic mass is 9.98. The van der Waals surface area contributed by atoms with Crippen molar-refractivity contribution in [2.45, 2.75) is 75.2 Å². The first kappa shape index (κ1) is 14.7. The molecule has 0 saturated heterocycles. The number of halogens is 1. The van der Waals surface area contributed by atoms with Crippen LogP contribution in [0.4, 0.5) is 0 Å². The number of hydrogen-bond acceptors (Lipinski definition) is 1. The molecule has 2 unspecified atom stereocenters. The summed E-state index contributed by atoms with van der Waals surface area (Å²) in [5.74, 6) is 0.816. The number of alkyl halides is 1. The summed E-state index contributed by atoms with van der Waals surface area (Å²) in [5.41, 5.74) is 0. The summed E-state index contributed by atoms with van der Waals surface area (Å²) in [6, 6.07) is 0. The smallest absolute Gasteiger partial charge is 0.0692 e. The highest BCUT2D eigenvalue weighted by atomic mass is 127. The van der Waals surface area contributed by atoms with Crippen molar-refractivity contribution < 1.29 is 4.74 Å². The predicted octanol–water partition coefficient (Wildman–Crippen LogP) is 4.97. The van der Waals surface area contributed by atoms with E-state index < -0.39 is 0 Å². The van der Waals surface area contributed by atoms with Crippen LogP contribution in [0.2, 0.25) is 0 Å². The van der Waals surface area contributed by atoms with E-state index in [1.165, 1.54) is 51.4 Å². The van der Waals surface area contributed by atoms with Crippen molar-refractivity contribution in [3.05, 3.63) is 0 Å². The van der Waals surface area contributed by atoms with Crippen molar-refractivity contribution in [2.75, 3.05) is 6.61 Å². The van der Waals surface area contributed by atoms with Gasteiger partial charge in [-0.2, -0.15) is 0 Å². The maximum Gasteiger partial charge on any atom is 0.0692 e. The quantitative estimate of drug-likeness (QED) is 0.391. The molecule has 0 bridgehead atoms. The van der Waals surface area contributed by atoms with Crippen LogP contribution in [0.15, 0.2) is 0 Å². The summed E-state index contributed by atoms with van der Waals surface area (Å²) in [6.45, 7) is 5.55. The summed E-state index contributed by atoms with van der Waals surface area (Å²) >= 11 is 2.60. The first-order valence-electron chi connectivity index (χ1n) is 6.96. The fourth-order valence-electron chi connectivity index (χ4n) is 2.32. The lowest BCUT2D eigenvalue weighted by Crippen LogP contribution is -2.26. The van der Waals surface area contributed by atoms with Crippen LogP contribution in [0.5, 0.6) is 0 Å². The van der Waals surface area contributed by atoms with Crippen LogP contribution in [0.1, 0.15) is 65.2 Å². The minimum absolute atomic E-state index is 0.535. The van der Waals surface area contributed by atoms with Gasteiger partial charge in [-0.3, -0.25) is 0 Å². The molecule has 0 heterocycles. The third-order valence-electron chi connectivity index (χ3n) is 3.38. The van der Waals surface area contributed by atoms with Crippen molar-refractivity contribution in [1.29, 1.82) is 0 Å². The molecule has 2 heteroatoms. The van der Waals surface area contributed by atoms with Crippen LogP contribution in [-0.2, 0) is 4.74 Å². The number of rotatable bonds is 5. The van der Waals surface area contributed by atoms with E-state index in [9.17, 15) is 0 Å². The maximum absolute atomic E-state index is 6.07.